The molecule has 1 aromatic carbocycles. The van der Waals surface area contributed by atoms with Gasteiger partial charge in [-0.15, -0.1) is 0 Å². The average Bonchev–Trinajstić information content (AvgIpc) is 3.58. The number of rotatable bonds is 11. The smallest absolute Gasteiger partial charge is 0.407 e. The Hall–Kier alpha value is -3.92. The number of alkyl carbamates (subject to hydrolysis) is 1. The van der Waals surface area contributed by atoms with Crippen LogP contribution in [0.3, 0.4) is 0 Å². The Bertz CT molecular complexity index is 1460. The summed E-state index contributed by atoms with van der Waals surface area (Å²) in [5, 5.41) is 16.0. The van der Waals surface area contributed by atoms with Crippen molar-refractivity contribution >= 4 is 17.8 Å². The number of carbonyl (C=O) groups excluding carboxylic acids is 2. The van der Waals surface area contributed by atoms with Crippen LogP contribution < -0.4 is 15.0 Å². The minimum atomic E-state index is -0.521. The van der Waals surface area contributed by atoms with Gasteiger partial charge in [0.05, 0.1) is 19.9 Å². The van der Waals surface area contributed by atoms with Gasteiger partial charge in [0.2, 0.25) is 5.91 Å². The number of nitrogens with one attached hydrogen (secondary N) is 1. The average molecular weight is 632 g/mol. The molecule has 2 aromatic heterocycles. The number of anilines is 1. The second-order valence-electron chi connectivity index (χ2n) is 13.1. The molecule has 3 aromatic rings. The highest BCUT2D eigenvalue weighted by atomic mass is 16.6. The van der Waals surface area contributed by atoms with Crippen molar-refractivity contribution in [3.63, 3.8) is 0 Å². The molecule has 2 aliphatic rings. The number of aliphatic hydroxyl groups is 1. The number of hydrogen-bond acceptors (Lipinski definition) is 7. The van der Waals surface area contributed by atoms with Crippen molar-refractivity contribution in [2.75, 3.05) is 31.7 Å². The summed E-state index contributed by atoms with van der Waals surface area (Å²) in [5.41, 5.74) is 4.51. The first-order chi connectivity index (χ1) is 22.2. The normalized spacial score (nSPS) is 21.5. The van der Waals surface area contributed by atoms with Crippen LogP contribution in [0.5, 0.6) is 5.75 Å². The van der Waals surface area contributed by atoms with E-state index in [1.165, 1.54) is 5.56 Å². The highest BCUT2D eigenvalue weighted by Gasteiger charge is 2.34. The quantitative estimate of drug-likeness (QED) is 0.250. The zero-order chi connectivity index (χ0) is 32.6. The molecule has 2 N–H and O–H groups in total. The number of aliphatic hydroxyl groups excluding tert-OH is 1. The van der Waals surface area contributed by atoms with Crippen molar-refractivity contribution in [1.29, 1.82) is 0 Å². The van der Waals surface area contributed by atoms with Gasteiger partial charge in [0.15, 0.2) is 0 Å². The van der Waals surface area contributed by atoms with E-state index in [1.54, 1.807) is 13.3 Å². The first kappa shape index (κ1) is 33.4. The Kier molecular flexibility index (Phi) is 11.3. The Morgan fingerprint density at radius 2 is 1.80 bits per heavy atom. The second-order valence-corrected chi connectivity index (χ2v) is 13.1. The minimum absolute atomic E-state index is 0.0959. The number of aromatic nitrogens is 3. The summed E-state index contributed by atoms with van der Waals surface area (Å²) in [7, 11) is 1.71. The molecule has 2 heterocycles. The SMILES string of the molecule is COc1ccc([C@H]2CC[C@H](CN(c3cc(-c4cnn(C(C)C)c4)ccn3)C(=O)[C@H]3CC[C@H](OC(=O)NCCO)CC3)CC2)cc1C. The lowest BCUT2D eigenvalue weighted by Gasteiger charge is -2.35. The molecule has 46 heavy (non-hydrogen) atoms. The van der Waals surface area contributed by atoms with E-state index >= 15 is 0 Å². The van der Waals surface area contributed by atoms with Crippen molar-refractivity contribution in [2.24, 2.45) is 11.8 Å². The Morgan fingerprint density at radius 1 is 1.04 bits per heavy atom. The second kappa shape index (κ2) is 15.6. The molecule has 0 saturated heterocycles. The standard InChI is InChI=1S/C36H49N5O5/c1-24(2)41-23-31(21-39-41)30-15-16-37-34(20-30)40(35(43)28-9-12-32(13-10-28)46-36(44)38-17-18-42)22-26-5-7-27(8-6-26)29-11-14-33(45-4)25(3)19-29/h11,14-16,19-21,23-24,26-28,32,42H,5-10,12-13,17-18,22H2,1-4H3,(H,38,44)/t26-,27-,28-,32-. The van der Waals surface area contributed by atoms with Gasteiger partial charge in [0.25, 0.3) is 0 Å². The first-order valence-corrected chi connectivity index (χ1v) is 16.8. The fourth-order valence-corrected chi connectivity index (χ4v) is 6.90. The lowest BCUT2D eigenvalue weighted by molar-refractivity contribution is -0.124. The maximum absolute atomic E-state index is 14.3. The monoisotopic (exact) mass is 631 g/mol. The van der Waals surface area contributed by atoms with E-state index in [4.69, 9.17) is 19.6 Å². The van der Waals surface area contributed by atoms with Crippen LogP contribution in [0.2, 0.25) is 0 Å². The Balaban J connectivity index is 1.30. The number of carbonyl (C=O) groups is 2. The molecule has 2 saturated carbocycles. The van der Waals surface area contributed by atoms with Crippen molar-refractivity contribution in [2.45, 2.75) is 90.2 Å². The van der Waals surface area contributed by atoms with E-state index < -0.39 is 6.09 Å². The van der Waals surface area contributed by atoms with Gasteiger partial charge in [-0.25, -0.2) is 9.78 Å². The van der Waals surface area contributed by atoms with E-state index in [0.717, 1.165) is 48.1 Å². The molecule has 0 atom stereocenters. The third kappa shape index (κ3) is 8.26. The fourth-order valence-electron chi connectivity index (χ4n) is 6.90. The molecule has 2 fully saturated rings. The van der Waals surface area contributed by atoms with Gasteiger partial charge in [0.1, 0.15) is 17.7 Å². The van der Waals surface area contributed by atoms with Crippen LogP contribution in [0.15, 0.2) is 48.9 Å². The number of nitrogens with zero attached hydrogens (tertiary/aromatic N) is 4. The fraction of sp³-hybridized carbons (Fsp3) is 0.556. The third-order valence-corrected chi connectivity index (χ3v) is 9.61. The number of methoxy groups -OCH3 is 1. The van der Waals surface area contributed by atoms with Crippen LogP contribution in [-0.2, 0) is 9.53 Å². The molecule has 5 rings (SSSR count). The summed E-state index contributed by atoms with van der Waals surface area (Å²) < 4.78 is 12.9. The minimum Gasteiger partial charge on any atom is -0.496 e. The first-order valence-electron chi connectivity index (χ1n) is 16.8. The predicted molar refractivity (Wildman–Crippen MR) is 178 cm³/mol. The molecular weight excluding hydrogens is 582 g/mol. The molecule has 2 aliphatic carbocycles. The molecular formula is C36H49N5O5. The van der Waals surface area contributed by atoms with Gasteiger partial charge >= 0.3 is 6.09 Å². The number of amides is 2. The van der Waals surface area contributed by atoms with Crippen LogP contribution in [0.1, 0.15) is 88.3 Å². The summed E-state index contributed by atoms with van der Waals surface area (Å²) in [6.07, 6.45) is 11.8. The van der Waals surface area contributed by atoms with Crippen molar-refractivity contribution < 1.29 is 24.2 Å². The maximum Gasteiger partial charge on any atom is 0.407 e. The maximum atomic E-state index is 14.3. The zero-order valence-corrected chi connectivity index (χ0v) is 27.7. The highest BCUT2D eigenvalue weighted by molar-refractivity contribution is 5.94. The van der Waals surface area contributed by atoms with Gasteiger partial charge in [0, 0.05) is 43.0 Å². The summed E-state index contributed by atoms with van der Waals surface area (Å²) in [5.74, 6) is 2.42. The number of pyridine rings is 1. The summed E-state index contributed by atoms with van der Waals surface area (Å²) in [6, 6.07) is 10.8. The summed E-state index contributed by atoms with van der Waals surface area (Å²) in [6.45, 7) is 6.95. The number of ether oxygens (including phenoxy) is 2. The largest absolute Gasteiger partial charge is 0.496 e. The zero-order valence-electron chi connectivity index (χ0n) is 27.7. The number of hydrogen-bond donors (Lipinski definition) is 2. The number of benzene rings is 1. The third-order valence-electron chi connectivity index (χ3n) is 9.61. The molecule has 248 valence electrons. The van der Waals surface area contributed by atoms with Crippen molar-refractivity contribution in [1.82, 2.24) is 20.1 Å². The van der Waals surface area contributed by atoms with Crippen LogP contribution in [0.25, 0.3) is 11.1 Å². The van der Waals surface area contributed by atoms with Gasteiger partial charge in [-0.3, -0.25) is 14.4 Å². The van der Waals surface area contributed by atoms with E-state index in [2.05, 4.69) is 49.4 Å². The van der Waals surface area contributed by atoms with Gasteiger partial charge in [-0.05, 0) is 119 Å². The predicted octanol–water partition coefficient (Wildman–Crippen LogP) is 6.43. The van der Waals surface area contributed by atoms with E-state index in [-0.39, 0.29) is 37.1 Å². The molecule has 0 unspecified atom stereocenters. The molecule has 0 spiro atoms. The van der Waals surface area contributed by atoms with E-state index in [9.17, 15) is 9.59 Å². The molecule has 0 bridgehead atoms. The van der Waals surface area contributed by atoms with Crippen LogP contribution in [0.4, 0.5) is 10.6 Å². The summed E-state index contributed by atoms with van der Waals surface area (Å²) in [4.78, 5) is 32.9. The van der Waals surface area contributed by atoms with E-state index in [0.29, 0.717) is 49.9 Å². The van der Waals surface area contributed by atoms with Crippen LogP contribution in [-0.4, -0.2) is 64.8 Å². The van der Waals surface area contributed by atoms with Crippen molar-refractivity contribution in [3.8, 4) is 16.9 Å². The van der Waals surface area contributed by atoms with Gasteiger partial charge in [-0.1, -0.05) is 12.1 Å². The lowest BCUT2D eigenvalue weighted by Crippen LogP contribution is -2.42. The van der Waals surface area contributed by atoms with E-state index in [1.807, 2.05) is 34.1 Å². The topological polar surface area (TPSA) is 119 Å². The Morgan fingerprint density at radius 3 is 2.46 bits per heavy atom. The number of aryl methyl sites for hydroxylation is 1. The Labute approximate surface area is 272 Å². The molecule has 0 aliphatic heterocycles. The van der Waals surface area contributed by atoms with Crippen LogP contribution >= 0.6 is 0 Å². The molecule has 2 amide bonds. The molecule has 10 nitrogen and oxygen atoms in total. The van der Waals surface area contributed by atoms with Gasteiger partial charge < -0.3 is 19.9 Å². The van der Waals surface area contributed by atoms with Crippen LogP contribution in [0, 0.1) is 18.8 Å². The van der Waals surface area contributed by atoms with Gasteiger partial charge in [-0.2, -0.15) is 5.10 Å². The van der Waals surface area contributed by atoms with Crippen molar-refractivity contribution in [3.05, 3.63) is 60.0 Å². The lowest BCUT2D eigenvalue weighted by atomic mass is 9.78. The molecule has 0 radical (unpaired) electrons. The molecule has 10 heteroatoms. The highest BCUT2D eigenvalue weighted by Crippen LogP contribution is 2.39. The summed E-state index contributed by atoms with van der Waals surface area (Å²) >= 11 is 0.